The smallest absolute Gasteiger partial charge is 0.240 e. The van der Waals surface area contributed by atoms with Gasteiger partial charge in [0.1, 0.15) is 11.6 Å². The number of benzene rings is 1. The lowest BCUT2D eigenvalue weighted by atomic mass is 10.2. The van der Waals surface area contributed by atoms with Gasteiger partial charge in [-0.3, -0.25) is 0 Å². The van der Waals surface area contributed by atoms with Crippen LogP contribution in [0.5, 0.6) is 5.75 Å². The summed E-state index contributed by atoms with van der Waals surface area (Å²) in [6.45, 7) is 0.797. The van der Waals surface area contributed by atoms with Gasteiger partial charge in [0, 0.05) is 38.8 Å². The molecule has 0 fully saturated rings. The molecule has 1 aromatic heterocycles. The van der Waals surface area contributed by atoms with Gasteiger partial charge in [0.25, 0.3) is 0 Å². The van der Waals surface area contributed by atoms with E-state index in [4.69, 9.17) is 4.74 Å². The number of sulfonamides is 1. The first kappa shape index (κ1) is 15.8. The van der Waals surface area contributed by atoms with Crippen LogP contribution in [-0.4, -0.2) is 34.1 Å². The average molecular weight is 333 g/mol. The highest BCUT2D eigenvalue weighted by molar-refractivity contribution is 7.89. The normalized spacial score (nSPS) is 13.5. The third kappa shape index (κ3) is 3.30. The summed E-state index contributed by atoms with van der Waals surface area (Å²) in [5, 5.41) is 0. The lowest BCUT2D eigenvalue weighted by Gasteiger charge is -2.16. The number of aromatic nitrogens is 1. The van der Waals surface area contributed by atoms with Gasteiger partial charge >= 0.3 is 0 Å². The van der Waals surface area contributed by atoms with Gasteiger partial charge in [-0.1, -0.05) is 6.07 Å². The van der Waals surface area contributed by atoms with Crippen LogP contribution < -0.4 is 14.4 Å². The number of rotatable bonds is 5. The second-order valence-corrected chi connectivity index (χ2v) is 7.34. The van der Waals surface area contributed by atoms with Gasteiger partial charge in [-0.05, 0) is 29.8 Å². The van der Waals surface area contributed by atoms with Crippen LogP contribution in [0.3, 0.4) is 0 Å². The first-order chi connectivity index (χ1) is 11.0. The molecule has 1 aliphatic heterocycles. The summed E-state index contributed by atoms with van der Waals surface area (Å²) in [6.07, 6.45) is 2.43. The van der Waals surface area contributed by atoms with Crippen molar-refractivity contribution in [1.29, 1.82) is 0 Å². The quantitative estimate of drug-likeness (QED) is 0.899. The molecule has 1 N–H and O–H groups in total. The summed E-state index contributed by atoms with van der Waals surface area (Å²) in [7, 11) is 0.177. The molecule has 1 aliphatic rings. The van der Waals surface area contributed by atoms with Crippen LogP contribution in [0.15, 0.2) is 41.4 Å². The summed E-state index contributed by atoms with van der Waals surface area (Å²) < 4.78 is 33.1. The van der Waals surface area contributed by atoms with E-state index in [2.05, 4.69) is 9.71 Å². The van der Waals surface area contributed by atoms with Crippen LogP contribution in [0.2, 0.25) is 0 Å². The van der Waals surface area contributed by atoms with Crippen LogP contribution in [0, 0.1) is 0 Å². The van der Waals surface area contributed by atoms with Gasteiger partial charge in [0.2, 0.25) is 10.0 Å². The van der Waals surface area contributed by atoms with Gasteiger partial charge in [-0.25, -0.2) is 18.1 Å². The second kappa shape index (κ2) is 6.17. The fourth-order valence-corrected chi connectivity index (χ4v) is 3.61. The Labute approximate surface area is 136 Å². The van der Waals surface area contributed by atoms with Crippen LogP contribution >= 0.6 is 0 Å². The Morgan fingerprint density at radius 1 is 1.30 bits per heavy atom. The molecular formula is C16H19N3O3S. The van der Waals surface area contributed by atoms with Crippen molar-refractivity contribution in [2.45, 2.75) is 17.9 Å². The Morgan fingerprint density at radius 2 is 2.13 bits per heavy atom. The van der Waals surface area contributed by atoms with E-state index in [1.807, 2.05) is 25.1 Å². The fraction of sp³-hybridized carbons (Fsp3) is 0.312. The van der Waals surface area contributed by atoms with Gasteiger partial charge < -0.3 is 9.64 Å². The number of anilines is 1. The monoisotopic (exact) mass is 333 g/mol. The summed E-state index contributed by atoms with van der Waals surface area (Å²) in [5.41, 5.74) is 1.76. The zero-order valence-electron chi connectivity index (χ0n) is 13.1. The maximum Gasteiger partial charge on any atom is 0.240 e. The highest BCUT2D eigenvalue weighted by Crippen LogP contribution is 2.27. The number of hydrogen-bond acceptors (Lipinski definition) is 5. The molecule has 2 aromatic rings. The molecule has 7 heteroatoms. The first-order valence-electron chi connectivity index (χ1n) is 7.34. The Morgan fingerprint density at radius 3 is 2.91 bits per heavy atom. The molecule has 0 radical (unpaired) electrons. The molecule has 0 unspecified atom stereocenters. The minimum atomic E-state index is -3.57. The number of pyridine rings is 1. The standard InChI is InChI=1S/C16H19N3O3S/c1-19(2)16-13(4-3-8-17-16)11-18-23(20,21)14-5-6-15-12(10-14)7-9-22-15/h3-6,8,10,18H,7,9,11H2,1-2H3. The summed E-state index contributed by atoms with van der Waals surface area (Å²) in [4.78, 5) is 6.39. The third-order valence-corrected chi connectivity index (χ3v) is 5.11. The van der Waals surface area contributed by atoms with Crippen LogP contribution in [-0.2, 0) is 23.0 Å². The minimum absolute atomic E-state index is 0.192. The van der Waals surface area contributed by atoms with Crippen molar-refractivity contribution < 1.29 is 13.2 Å². The predicted octanol–water partition coefficient (Wildman–Crippen LogP) is 1.56. The molecule has 6 nitrogen and oxygen atoms in total. The summed E-state index contributed by atoms with van der Waals surface area (Å²) in [6, 6.07) is 8.63. The Balaban J connectivity index is 1.80. The number of ether oxygens (including phenoxy) is 1. The lowest BCUT2D eigenvalue weighted by molar-refractivity contribution is 0.356. The first-order valence-corrected chi connectivity index (χ1v) is 8.82. The summed E-state index contributed by atoms with van der Waals surface area (Å²) >= 11 is 0. The Bertz CT molecular complexity index is 819. The van der Waals surface area contributed by atoms with Gasteiger partial charge in [-0.15, -0.1) is 0 Å². The highest BCUT2D eigenvalue weighted by atomic mass is 32.2. The molecule has 3 rings (SSSR count). The van der Waals surface area contributed by atoms with Crippen LogP contribution in [0.25, 0.3) is 0 Å². The van der Waals surface area contributed by atoms with Crippen LogP contribution in [0.4, 0.5) is 5.82 Å². The molecular weight excluding hydrogens is 314 g/mol. The molecule has 0 amide bonds. The molecule has 0 saturated heterocycles. The maximum atomic E-state index is 12.5. The molecule has 0 spiro atoms. The molecule has 0 aliphatic carbocycles. The van der Waals surface area contributed by atoms with E-state index in [-0.39, 0.29) is 11.4 Å². The van der Waals surface area contributed by atoms with E-state index in [1.165, 1.54) is 0 Å². The predicted molar refractivity (Wildman–Crippen MR) is 88.2 cm³/mol. The van der Waals surface area contributed by atoms with E-state index < -0.39 is 10.0 Å². The molecule has 23 heavy (non-hydrogen) atoms. The van der Waals surface area contributed by atoms with E-state index >= 15 is 0 Å². The minimum Gasteiger partial charge on any atom is -0.493 e. The van der Waals surface area contributed by atoms with Crippen LogP contribution in [0.1, 0.15) is 11.1 Å². The molecule has 0 bridgehead atoms. The SMILES string of the molecule is CN(C)c1ncccc1CNS(=O)(=O)c1ccc2c(c1)CCO2. The van der Waals surface area contributed by atoms with E-state index in [0.29, 0.717) is 6.61 Å². The van der Waals surface area contributed by atoms with E-state index in [9.17, 15) is 8.42 Å². The number of nitrogens with zero attached hydrogens (tertiary/aromatic N) is 2. The van der Waals surface area contributed by atoms with Gasteiger partial charge in [0.05, 0.1) is 11.5 Å². The molecule has 1 aromatic carbocycles. The molecule has 2 heterocycles. The third-order valence-electron chi connectivity index (χ3n) is 3.71. The largest absolute Gasteiger partial charge is 0.493 e. The van der Waals surface area contributed by atoms with Gasteiger partial charge in [0.15, 0.2) is 0 Å². The average Bonchev–Trinajstić information content (AvgIpc) is 3.00. The Kier molecular flexibility index (Phi) is 4.23. The van der Waals surface area contributed by atoms with Crippen molar-refractivity contribution in [2.24, 2.45) is 0 Å². The summed E-state index contributed by atoms with van der Waals surface area (Å²) in [5.74, 6) is 1.52. The van der Waals surface area contributed by atoms with Gasteiger partial charge in [-0.2, -0.15) is 0 Å². The maximum absolute atomic E-state index is 12.5. The number of nitrogens with one attached hydrogen (secondary N) is 1. The second-order valence-electron chi connectivity index (χ2n) is 5.57. The zero-order chi connectivity index (χ0) is 16.4. The van der Waals surface area contributed by atoms with Crippen molar-refractivity contribution >= 4 is 15.8 Å². The van der Waals surface area contributed by atoms with Crippen molar-refractivity contribution in [1.82, 2.24) is 9.71 Å². The Hall–Kier alpha value is -2.12. The van der Waals surface area contributed by atoms with E-state index in [0.717, 1.165) is 29.1 Å². The molecule has 122 valence electrons. The zero-order valence-corrected chi connectivity index (χ0v) is 13.9. The van der Waals surface area contributed by atoms with Crippen molar-refractivity contribution in [2.75, 3.05) is 25.6 Å². The van der Waals surface area contributed by atoms with Crippen molar-refractivity contribution in [3.05, 3.63) is 47.7 Å². The number of fused-ring (bicyclic) bond motifs is 1. The van der Waals surface area contributed by atoms with Crippen molar-refractivity contribution in [3.63, 3.8) is 0 Å². The number of hydrogen-bond donors (Lipinski definition) is 1. The highest BCUT2D eigenvalue weighted by Gasteiger charge is 2.19. The van der Waals surface area contributed by atoms with E-state index in [1.54, 1.807) is 30.5 Å². The molecule has 0 saturated carbocycles. The molecule has 0 atom stereocenters. The lowest BCUT2D eigenvalue weighted by Crippen LogP contribution is -2.25. The fourth-order valence-electron chi connectivity index (χ4n) is 2.56. The topological polar surface area (TPSA) is 71.5 Å². The van der Waals surface area contributed by atoms with Crippen molar-refractivity contribution in [3.8, 4) is 5.75 Å².